The van der Waals surface area contributed by atoms with Gasteiger partial charge >= 0.3 is 184 Å². The van der Waals surface area contributed by atoms with Crippen LogP contribution in [-0.4, -0.2) is 37.4 Å². The summed E-state index contributed by atoms with van der Waals surface area (Å²) >= 11 is -2.18. The van der Waals surface area contributed by atoms with Crippen molar-refractivity contribution in [3.05, 3.63) is 187 Å². The number of rotatable bonds is 6. The van der Waals surface area contributed by atoms with E-state index in [9.17, 15) is 0 Å². The van der Waals surface area contributed by atoms with E-state index in [1.54, 1.807) is 0 Å². The molecule has 0 fully saturated rings. The van der Waals surface area contributed by atoms with Crippen molar-refractivity contribution in [3.63, 3.8) is 0 Å². The second-order valence-electron chi connectivity index (χ2n) is 21.2. The number of aryl methyl sites for hydroxylation is 1. The minimum Gasteiger partial charge on any atom is 0 e. The van der Waals surface area contributed by atoms with E-state index in [4.69, 9.17) is 25.2 Å². The number of hydrogen-bond donors (Lipinski definition) is 0. The van der Waals surface area contributed by atoms with Gasteiger partial charge in [-0.05, 0) is 47.5 Å². The van der Waals surface area contributed by atoms with E-state index in [0.29, 0.717) is 5.71 Å². The SMILES string of the molecule is Cn1c2ccccc2c2ccc(-n3c(-c4[c-]ccc5c4oc4cc(-c6ccccc6)ccc45)nc4ccccc43)cc21.[2H]C(C)(C)c1cc(-c2[c-]ccc3c2oc2nc(C(C)(C)C)ccc23)nc[c]1[Ge]([CH3])([CH3])[CH3].[Ir]. The Labute approximate surface area is 443 Å². The third-order valence-corrected chi connectivity index (χ3v) is 18.3. The third kappa shape index (κ3) is 8.39. The first-order valence-electron chi connectivity index (χ1n) is 25.1. The molecule has 13 aromatic rings. The second-order valence-corrected chi connectivity index (χ2v) is 31.7. The summed E-state index contributed by atoms with van der Waals surface area (Å²) in [4.78, 5) is 14.8. The van der Waals surface area contributed by atoms with Crippen molar-refractivity contribution in [2.24, 2.45) is 7.05 Å². The summed E-state index contributed by atoms with van der Waals surface area (Å²) in [7, 11) is 2.13. The Morgan fingerprint density at radius 3 is 2.03 bits per heavy atom. The molecule has 1 radical (unpaired) electrons. The molecule has 0 bridgehead atoms. The number of nitrogens with zero attached hydrogens (tertiary/aromatic N) is 5. The summed E-state index contributed by atoms with van der Waals surface area (Å²) in [5.41, 5.74) is 15.2. The Morgan fingerprint density at radius 1 is 0.616 bits per heavy atom. The molecule has 7 aromatic carbocycles. The quantitative estimate of drug-likeness (QED) is 0.122. The molecule has 6 heterocycles. The van der Waals surface area contributed by atoms with Crippen LogP contribution in [0.1, 0.15) is 53.1 Å². The van der Waals surface area contributed by atoms with Gasteiger partial charge in [-0.25, -0.2) is 0 Å². The number of aromatic nitrogens is 5. The summed E-state index contributed by atoms with van der Waals surface area (Å²) in [6.07, 6.45) is 1.99. The summed E-state index contributed by atoms with van der Waals surface area (Å²) in [6.45, 7) is 10.4. The van der Waals surface area contributed by atoms with Gasteiger partial charge in [-0.15, -0.1) is 18.2 Å². The van der Waals surface area contributed by atoms with Crippen molar-refractivity contribution >= 4 is 94.5 Å². The van der Waals surface area contributed by atoms with Crippen LogP contribution in [0.25, 0.3) is 116 Å². The Hall–Kier alpha value is -7.10. The van der Waals surface area contributed by atoms with Crippen LogP contribution in [0.4, 0.5) is 0 Å². The number of hydrogen-bond acceptors (Lipinski definition) is 5. The smallest absolute Gasteiger partial charge is 0 e. The maximum atomic E-state index is 8.74. The molecule has 9 heteroatoms. The minimum absolute atomic E-state index is 0. The zero-order valence-electron chi connectivity index (χ0n) is 43.5. The molecule has 0 amide bonds. The fourth-order valence-electron chi connectivity index (χ4n) is 10.3. The molecule has 0 atom stereocenters. The van der Waals surface area contributed by atoms with Gasteiger partial charge in [0.05, 0.1) is 28.0 Å². The van der Waals surface area contributed by atoms with Gasteiger partial charge in [0, 0.05) is 54.5 Å². The first kappa shape index (κ1) is 46.9. The monoisotopic (exact) mass is 1190 g/mol. The van der Waals surface area contributed by atoms with Crippen LogP contribution in [0.15, 0.2) is 173 Å². The number of pyridine rings is 2. The first-order chi connectivity index (χ1) is 35.0. The van der Waals surface area contributed by atoms with E-state index in [1.807, 2.05) is 50.4 Å². The van der Waals surface area contributed by atoms with Crippen molar-refractivity contribution in [1.82, 2.24) is 24.1 Å². The van der Waals surface area contributed by atoms with Gasteiger partial charge in [-0.2, -0.15) is 0 Å². The second kappa shape index (κ2) is 18.4. The van der Waals surface area contributed by atoms with E-state index in [2.05, 4.69) is 194 Å². The van der Waals surface area contributed by atoms with Crippen LogP contribution in [0.2, 0.25) is 17.3 Å². The fraction of sp³-hybridized carbons (Fsp3) is 0.172. The first-order valence-corrected chi connectivity index (χ1v) is 32.0. The zero-order chi connectivity index (χ0) is 50.6. The average molecular weight is 1190 g/mol. The maximum absolute atomic E-state index is 8.74. The molecule has 0 aliphatic heterocycles. The summed E-state index contributed by atoms with van der Waals surface area (Å²) in [5.74, 6) is 7.14. The molecule has 0 aliphatic rings. The van der Waals surface area contributed by atoms with Gasteiger partial charge in [0.1, 0.15) is 5.58 Å². The average Bonchev–Trinajstić information content (AvgIpc) is 4.15. The van der Waals surface area contributed by atoms with Crippen molar-refractivity contribution in [3.8, 4) is 39.5 Å². The van der Waals surface area contributed by atoms with Crippen LogP contribution in [0.3, 0.4) is 0 Å². The van der Waals surface area contributed by atoms with Gasteiger partial charge < -0.3 is 13.6 Å². The molecule has 73 heavy (non-hydrogen) atoms. The minimum atomic E-state index is -2.18. The summed E-state index contributed by atoms with van der Waals surface area (Å²) in [5, 5.41) is 6.65. The normalized spacial score (nSPS) is 12.5. The van der Waals surface area contributed by atoms with Crippen LogP contribution < -0.4 is 4.40 Å². The summed E-state index contributed by atoms with van der Waals surface area (Å²) in [6, 6.07) is 61.5. The van der Waals surface area contributed by atoms with Gasteiger partial charge in [-0.1, -0.05) is 89.8 Å². The van der Waals surface area contributed by atoms with E-state index < -0.39 is 19.2 Å². The topological polar surface area (TPSA) is 74.8 Å². The van der Waals surface area contributed by atoms with E-state index in [1.165, 1.54) is 26.2 Å². The van der Waals surface area contributed by atoms with Crippen molar-refractivity contribution < 1.29 is 30.3 Å². The third-order valence-electron chi connectivity index (χ3n) is 14.1. The Morgan fingerprint density at radius 2 is 1.27 bits per heavy atom. The zero-order valence-corrected chi connectivity index (χ0v) is 47.0. The van der Waals surface area contributed by atoms with Gasteiger partial charge in [0.15, 0.2) is 0 Å². The van der Waals surface area contributed by atoms with Crippen LogP contribution >= 0.6 is 0 Å². The van der Waals surface area contributed by atoms with Crippen LogP contribution in [0.5, 0.6) is 0 Å². The molecule has 0 N–H and O–H groups in total. The molecule has 0 saturated carbocycles. The molecule has 0 saturated heterocycles. The predicted octanol–water partition coefficient (Wildman–Crippen LogP) is 16.5. The van der Waals surface area contributed by atoms with Crippen LogP contribution in [0, 0.1) is 12.1 Å². The van der Waals surface area contributed by atoms with E-state index >= 15 is 0 Å². The van der Waals surface area contributed by atoms with Crippen LogP contribution in [-0.2, 0) is 32.6 Å². The number of furan rings is 2. The van der Waals surface area contributed by atoms with E-state index in [0.717, 1.165) is 100 Å². The van der Waals surface area contributed by atoms with Gasteiger partial charge in [0.25, 0.3) is 0 Å². The molecule has 363 valence electrons. The van der Waals surface area contributed by atoms with Crippen molar-refractivity contribution in [2.45, 2.75) is 63.2 Å². The van der Waals surface area contributed by atoms with Gasteiger partial charge in [0.2, 0.25) is 0 Å². The molecular weight excluding hydrogens is 1140 g/mol. The number of imidazole rings is 1. The largest absolute Gasteiger partial charge is 0 e. The molecule has 0 aliphatic carbocycles. The van der Waals surface area contributed by atoms with Gasteiger partial charge in [-0.3, -0.25) is 4.98 Å². The number of benzene rings is 7. The molecule has 0 spiro atoms. The number of fused-ring (bicyclic) bond motifs is 10. The summed E-state index contributed by atoms with van der Waals surface area (Å²) < 4.78 is 27.4. The van der Waals surface area contributed by atoms with E-state index in [-0.39, 0.29) is 25.5 Å². The Bertz CT molecular complexity index is 4300. The maximum Gasteiger partial charge on any atom is 0 e. The number of para-hydroxylation sites is 3. The molecular formula is C64H55GeIrN5O2-2. The molecule has 7 nitrogen and oxygen atoms in total. The molecule has 0 unspecified atom stereocenters. The Kier molecular flexibility index (Phi) is 11.9. The predicted molar refractivity (Wildman–Crippen MR) is 301 cm³/mol. The standard InChI is InChI=1S/C38H24N3O.C26H31GeN2O.Ir/c1-40-33-16-7-5-12-27(33)28-21-19-26(23-35(28)40)41-34-17-8-6-15-32(34)39-38(41)31-14-9-13-30-29-20-18-25(22-36(29)42-37(30)31)24-10-3-2-4-11-24;1-16(2)20-14-22(28-15-21(20)27(6,7)8)19-11-9-10-17-18-12-13-23(26(3,4)5)29-25(18)30-24(17)19;/h2-13,15-23H,1H3;9-10,12-16H,1-8H3;/q2*-1;/i;16D;. The molecule has 13 rings (SSSR count). The molecule has 6 aromatic heterocycles. The van der Waals surface area contributed by atoms with Crippen molar-refractivity contribution in [2.75, 3.05) is 0 Å². The Balaban J connectivity index is 0.000000165. The van der Waals surface area contributed by atoms with Crippen molar-refractivity contribution in [1.29, 1.82) is 0 Å². The fourth-order valence-corrected chi connectivity index (χ4v) is 13.6.